The van der Waals surface area contributed by atoms with Gasteiger partial charge in [-0.1, -0.05) is 60.7 Å². The van der Waals surface area contributed by atoms with Gasteiger partial charge in [0.1, 0.15) is 13.6 Å². The molecule has 0 aliphatic carbocycles. The maximum absolute atomic E-state index is 10.7. The van der Waals surface area contributed by atoms with Crippen molar-refractivity contribution in [1.82, 2.24) is 0 Å². The summed E-state index contributed by atoms with van der Waals surface area (Å²) in [4.78, 5) is 21.3. The minimum atomic E-state index is -5.04. The number of phosphoric acid groups is 1. The number of phosphoric ester groups is 1. The van der Waals surface area contributed by atoms with E-state index in [2.05, 4.69) is 4.52 Å². The molecule has 7 heteroatoms. The summed E-state index contributed by atoms with van der Waals surface area (Å²) in [5.41, 5.74) is 1.49. The Kier molecular flexibility index (Phi) is 11.8. The minimum absolute atomic E-state index is 0. The molecule has 98 valence electrons. The molecule has 0 aromatic heterocycles. The van der Waals surface area contributed by atoms with Gasteiger partial charge in [0, 0.05) is 5.56 Å². The van der Waals surface area contributed by atoms with Crippen molar-refractivity contribution in [3.8, 4) is 5.75 Å². The Bertz CT molecular complexity index is 626. The third kappa shape index (κ3) is 8.72. The van der Waals surface area contributed by atoms with Crippen LogP contribution in [0.2, 0.25) is 0 Å². The zero-order valence-corrected chi connectivity index (χ0v) is 19.1. The van der Waals surface area contributed by atoms with Crippen molar-refractivity contribution in [3.63, 3.8) is 0 Å². The molecule has 0 aliphatic rings. The quantitative estimate of drug-likeness (QED) is 0.320. The van der Waals surface area contributed by atoms with Crippen LogP contribution >= 0.6 is 7.82 Å². The summed E-state index contributed by atoms with van der Waals surface area (Å²) in [6.07, 6.45) is 3.50. The molecular formula is C14H11K2O4P. The first-order valence-electron chi connectivity index (χ1n) is 5.58. The van der Waals surface area contributed by atoms with Crippen LogP contribution in [-0.4, -0.2) is 0 Å². The van der Waals surface area contributed by atoms with Gasteiger partial charge < -0.3 is 18.9 Å². The molecule has 0 saturated carbocycles. The molecule has 0 aliphatic heterocycles. The van der Waals surface area contributed by atoms with E-state index in [4.69, 9.17) is 0 Å². The van der Waals surface area contributed by atoms with Gasteiger partial charge in [-0.25, -0.2) is 0 Å². The van der Waals surface area contributed by atoms with E-state index in [1.807, 2.05) is 36.4 Å². The van der Waals surface area contributed by atoms with Crippen LogP contribution in [-0.2, 0) is 4.57 Å². The Morgan fingerprint density at radius 1 is 0.857 bits per heavy atom. The van der Waals surface area contributed by atoms with Gasteiger partial charge in [-0.05, 0) is 11.6 Å². The summed E-state index contributed by atoms with van der Waals surface area (Å²) in [5.74, 6) is 0.0306. The zero-order valence-electron chi connectivity index (χ0n) is 11.9. The number of hydrogen-bond acceptors (Lipinski definition) is 4. The Labute approximate surface area is 209 Å². The second kappa shape index (κ2) is 11.0. The molecule has 0 saturated heterocycles. The Morgan fingerprint density at radius 2 is 1.43 bits per heavy atom. The van der Waals surface area contributed by atoms with Gasteiger partial charge in [-0.2, -0.15) is 0 Å². The third-order valence-electron chi connectivity index (χ3n) is 2.38. The number of rotatable bonds is 4. The van der Waals surface area contributed by atoms with E-state index >= 15 is 0 Å². The van der Waals surface area contributed by atoms with Crippen LogP contribution in [0, 0.1) is 0 Å². The largest absolute Gasteiger partial charge is 1.00 e. The topological polar surface area (TPSA) is 72.4 Å². The fourth-order valence-electron chi connectivity index (χ4n) is 1.57. The molecule has 0 N–H and O–H groups in total. The average molecular weight is 352 g/mol. The van der Waals surface area contributed by atoms with Crippen LogP contribution in [0.4, 0.5) is 0 Å². The third-order valence-corrected chi connectivity index (χ3v) is 2.80. The molecule has 2 aromatic carbocycles. The molecule has 0 unspecified atom stereocenters. The number of hydrogen-bond donors (Lipinski definition) is 0. The standard InChI is InChI=1S/C14H13O4P.2K/c15-19(16,17)18-14-9-5-4-8-13(14)11-10-12-6-2-1-3-7-12;;/h1-11H,(H2,15,16,17);;/q;2*+1/p-2. The van der Waals surface area contributed by atoms with Crippen molar-refractivity contribution < 1.29 is 122 Å². The molecule has 0 amide bonds. The van der Waals surface area contributed by atoms with Gasteiger partial charge in [-0.15, -0.1) is 0 Å². The van der Waals surface area contributed by atoms with Crippen molar-refractivity contribution in [3.05, 3.63) is 65.7 Å². The van der Waals surface area contributed by atoms with Crippen LogP contribution in [0.1, 0.15) is 11.1 Å². The molecule has 0 bridgehead atoms. The average Bonchev–Trinajstić information content (AvgIpc) is 2.37. The van der Waals surface area contributed by atoms with Crippen LogP contribution in [0.3, 0.4) is 0 Å². The molecule has 0 heterocycles. The Morgan fingerprint density at radius 3 is 2.05 bits per heavy atom. The van der Waals surface area contributed by atoms with Gasteiger partial charge in [0.2, 0.25) is 0 Å². The Balaban J connectivity index is 0.00000200. The Hall–Kier alpha value is 1.40. The van der Waals surface area contributed by atoms with E-state index in [9.17, 15) is 14.4 Å². The number of para-hydroxylation sites is 1. The second-order valence-corrected chi connectivity index (χ2v) is 4.90. The van der Waals surface area contributed by atoms with Crippen LogP contribution in [0.25, 0.3) is 12.2 Å². The summed E-state index contributed by atoms with van der Waals surface area (Å²) >= 11 is 0. The fourth-order valence-corrected chi connectivity index (χ4v) is 1.98. The van der Waals surface area contributed by atoms with Crippen molar-refractivity contribution in [2.45, 2.75) is 0 Å². The smallest absolute Gasteiger partial charge is 0.780 e. The number of benzene rings is 2. The molecule has 0 fully saturated rings. The van der Waals surface area contributed by atoms with Crippen molar-refractivity contribution in [1.29, 1.82) is 0 Å². The fraction of sp³-hybridized carbons (Fsp3) is 0. The normalized spacial score (nSPS) is 10.6. The van der Waals surface area contributed by atoms with Crippen molar-refractivity contribution >= 4 is 20.0 Å². The van der Waals surface area contributed by atoms with E-state index in [-0.39, 0.29) is 109 Å². The van der Waals surface area contributed by atoms with E-state index in [0.717, 1.165) is 5.56 Å². The molecule has 2 aromatic rings. The molecule has 0 spiro atoms. The molecule has 4 nitrogen and oxygen atoms in total. The molecule has 0 atom stereocenters. The van der Waals surface area contributed by atoms with E-state index in [1.54, 1.807) is 24.3 Å². The predicted octanol–water partition coefficient (Wildman–Crippen LogP) is -3.93. The van der Waals surface area contributed by atoms with E-state index in [1.165, 1.54) is 6.07 Å². The molecule has 0 radical (unpaired) electrons. The van der Waals surface area contributed by atoms with Crippen LogP contribution in [0.5, 0.6) is 5.75 Å². The first kappa shape index (κ1) is 22.4. The van der Waals surface area contributed by atoms with Crippen molar-refractivity contribution in [2.75, 3.05) is 0 Å². The maximum Gasteiger partial charge on any atom is 1.00 e. The van der Waals surface area contributed by atoms with E-state index < -0.39 is 7.82 Å². The summed E-state index contributed by atoms with van der Waals surface area (Å²) in [6.45, 7) is 0. The first-order valence-corrected chi connectivity index (χ1v) is 7.04. The summed E-state index contributed by atoms with van der Waals surface area (Å²) in [7, 11) is -5.04. The predicted molar refractivity (Wildman–Crippen MR) is 70.0 cm³/mol. The summed E-state index contributed by atoms with van der Waals surface area (Å²) < 4.78 is 15.1. The minimum Gasteiger partial charge on any atom is -0.780 e. The second-order valence-electron chi connectivity index (χ2n) is 3.82. The van der Waals surface area contributed by atoms with Crippen molar-refractivity contribution in [2.24, 2.45) is 0 Å². The van der Waals surface area contributed by atoms with Gasteiger partial charge in [0.05, 0.1) is 0 Å². The maximum atomic E-state index is 10.7. The first-order chi connectivity index (χ1) is 9.04. The van der Waals surface area contributed by atoms with Crippen LogP contribution in [0.15, 0.2) is 54.6 Å². The van der Waals surface area contributed by atoms with E-state index in [0.29, 0.717) is 5.56 Å². The zero-order chi connectivity index (χ0) is 13.7. The van der Waals surface area contributed by atoms with Gasteiger partial charge in [0.25, 0.3) is 0 Å². The molecular weight excluding hydrogens is 341 g/mol. The molecule has 21 heavy (non-hydrogen) atoms. The van der Waals surface area contributed by atoms with Crippen LogP contribution < -0.4 is 117 Å². The summed E-state index contributed by atoms with van der Waals surface area (Å²) in [5, 5.41) is 0. The monoisotopic (exact) mass is 352 g/mol. The SMILES string of the molecule is O=P([O-])([O-])Oc1ccccc1C=Cc1ccccc1.[K+].[K+]. The molecule has 2 rings (SSSR count). The van der Waals surface area contributed by atoms with Gasteiger partial charge in [0.15, 0.2) is 0 Å². The summed E-state index contributed by atoms with van der Waals surface area (Å²) in [6, 6.07) is 16.0. The van der Waals surface area contributed by atoms with Gasteiger partial charge in [-0.3, -0.25) is 0 Å². The van der Waals surface area contributed by atoms with Gasteiger partial charge >= 0.3 is 103 Å².